The van der Waals surface area contributed by atoms with Gasteiger partial charge in [-0.25, -0.2) is 9.18 Å². The summed E-state index contributed by atoms with van der Waals surface area (Å²) in [6.07, 6.45) is -11.5. The lowest BCUT2D eigenvalue weighted by atomic mass is 10.0. The fraction of sp³-hybridized carbons (Fsp3) is 0.316. The molecule has 0 atom stereocenters. The highest BCUT2D eigenvalue weighted by atomic mass is 19.4. The van der Waals surface area contributed by atoms with Crippen molar-refractivity contribution in [1.29, 1.82) is 0 Å². The number of anilines is 1. The predicted octanol–water partition coefficient (Wildman–Crippen LogP) is 6.83. The maximum Gasteiger partial charge on any atom is 0.420 e. The van der Waals surface area contributed by atoms with Gasteiger partial charge in [-0.1, -0.05) is 13.8 Å². The van der Waals surface area contributed by atoms with Gasteiger partial charge in [-0.05, 0) is 48.9 Å². The van der Waals surface area contributed by atoms with E-state index >= 15 is 0 Å². The smallest absolute Gasteiger partial charge is 0.409 e. The lowest BCUT2D eigenvalue weighted by Crippen LogP contribution is -2.30. The van der Waals surface area contributed by atoms with Crippen molar-refractivity contribution in [2.75, 3.05) is 11.9 Å². The number of carbonyl (C=O) groups is 1. The molecule has 1 amide bonds. The molecular weight excluding hydrogens is 407 g/mol. The average Bonchev–Trinajstić information content (AvgIpc) is 2.63. The third-order valence-corrected chi connectivity index (χ3v) is 3.58. The number of carbonyl (C=O) groups excluding carboxylic acids is 1. The highest BCUT2D eigenvalue weighted by molar-refractivity contribution is 5.88. The van der Waals surface area contributed by atoms with Crippen LogP contribution < -0.4 is 9.64 Å². The first-order chi connectivity index (χ1) is 13.3. The van der Waals surface area contributed by atoms with E-state index in [-0.39, 0.29) is 11.8 Å². The number of hydrogen-bond donors (Lipinski definition) is 0. The minimum atomic E-state index is -5.18. The van der Waals surface area contributed by atoms with Gasteiger partial charge in [0.1, 0.15) is 11.6 Å². The minimum absolute atomic E-state index is 0.111. The molecule has 0 heterocycles. The zero-order chi connectivity index (χ0) is 22.6. The van der Waals surface area contributed by atoms with Gasteiger partial charge < -0.3 is 4.74 Å². The van der Waals surface area contributed by atoms with Crippen molar-refractivity contribution in [3.8, 4) is 5.75 Å². The Morgan fingerprint density at radius 2 is 1.45 bits per heavy atom. The minimum Gasteiger partial charge on any atom is -0.409 e. The normalized spacial score (nSPS) is 11.4. The van der Waals surface area contributed by atoms with Crippen molar-refractivity contribution >= 4 is 11.8 Å². The topological polar surface area (TPSA) is 29.5 Å². The predicted molar refractivity (Wildman–Crippen MR) is 93.4 cm³/mol. The molecule has 0 bridgehead atoms. The maximum atomic E-state index is 13.2. The van der Waals surface area contributed by atoms with Crippen molar-refractivity contribution in [2.24, 2.45) is 0 Å². The Hall–Kier alpha value is -2.78. The van der Waals surface area contributed by atoms with Crippen LogP contribution >= 0.6 is 0 Å². The van der Waals surface area contributed by atoms with E-state index in [0.29, 0.717) is 6.07 Å². The Kier molecular flexibility index (Phi) is 7.65. The van der Waals surface area contributed by atoms with E-state index in [1.165, 1.54) is 12.1 Å². The van der Waals surface area contributed by atoms with Crippen molar-refractivity contribution in [1.82, 2.24) is 0 Å². The van der Waals surface area contributed by atoms with Gasteiger partial charge in [0.15, 0.2) is 0 Å². The summed E-state index contributed by atoms with van der Waals surface area (Å²) in [5.41, 5.74) is -3.65. The number of amides is 1. The quantitative estimate of drug-likeness (QED) is 0.494. The van der Waals surface area contributed by atoms with Crippen LogP contribution in [-0.4, -0.2) is 13.1 Å². The first-order valence-corrected chi connectivity index (χ1v) is 8.31. The van der Waals surface area contributed by atoms with Crippen molar-refractivity contribution < 1.29 is 40.3 Å². The van der Waals surface area contributed by atoms with Crippen LogP contribution in [0.5, 0.6) is 5.75 Å². The summed E-state index contributed by atoms with van der Waals surface area (Å²) in [6.45, 7) is 4.96. The second kappa shape index (κ2) is 9.15. The van der Waals surface area contributed by atoms with Gasteiger partial charge in [-0.15, -0.1) is 0 Å². The zero-order valence-corrected chi connectivity index (χ0v) is 15.9. The van der Waals surface area contributed by atoms with Crippen LogP contribution in [0, 0.1) is 12.7 Å². The molecule has 160 valence electrons. The number of hydrogen-bond acceptors (Lipinski definition) is 2. The number of rotatable bonds is 2. The Morgan fingerprint density at radius 3 is 1.90 bits per heavy atom. The number of nitrogens with zero attached hydrogens (tertiary/aromatic N) is 1. The average molecular weight is 425 g/mol. The molecular formula is C19H18F7NO2. The van der Waals surface area contributed by atoms with Crippen LogP contribution in [0.2, 0.25) is 0 Å². The summed E-state index contributed by atoms with van der Waals surface area (Å²) in [6, 6.07) is 4.73. The highest BCUT2D eigenvalue weighted by Crippen LogP contribution is 2.42. The molecule has 2 aromatic carbocycles. The molecule has 0 saturated heterocycles. The van der Waals surface area contributed by atoms with E-state index in [9.17, 15) is 35.5 Å². The lowest BCUT2D eigenvalue weighted by Gasteiger charge is -2.21. The second-order valence-corrected chi connectivity index (χ2v) is 5.57. The van der Waals surface area contributed by atoms with Crippen molar-refractivity contribution in [3.63, 3.8) is 0 Å². The Balaban J connectivity index is 0.00000204. The molecule has 2 aromatic rings. The fourth-order valence-corrected chi connectivity index (χ4v) is 2.21. The van der Waals surface area contributed by atoms with E-state index in [4.69, 9.17) is 4.74 Å². The molecule has 0 spiro atoms. The van der Waals surface area contributed by atoms with E-state index in [0.717, 1.165) is 31.0 Å². The molecule has 0 aromatic heterocycles. The summed E-state index contributed by atoms with van der Waals surface area (Å²) >= 11 is 0. The molecule has 0 aliphatic heterocycles. The third kappa shape index (κ3) is 6.10. The second-order valence-electron chi connectivity index (χ2n) is 5.57. The molecule has 0 N–H and O–H groups in total. The van der Waals surface area contributed by atoms with Gasteiger partial charge in [0.05, 0.1) is 11.1 Å². The molecule has 2 rings (SSSR count). The van der Waals surface area contributed by atoms with Gasteiger partial charge in [0.2, 0.25) is 0 Å². The maximum absolute atomic E-state index is 13.2. The molecule has 0 saturated carbocycles. The monoisotopic (exact) mass is 425 g/mol. The molecule has 10 heteroatoms. The van der Waals surface area contributed by atoms with E-state index < -0.39 is 46.7 Å². The van der Waals surface area contributed by atoms with Crippen LogP contribution in [0.25, 0.3) is 0 Å². The number of aryl methyl sites for hydroxylation is 1. The summed E-state index contributed by atoms with van der Waals surface area (Å²) in [4.78, 5) is 12.9. The summed E-state index contributed by atoms with van der Waals surface area (Å²) in [7, 11) is 1.16. The largest absolute Gasteiger partial charge is 0.420 e. The fourth-order valence-electron chi connectivity index (χ4n) is 2.21. The van der Waals surface area contributed by atoms with Crippen LogP contribution in [0.4, 0.5) is 41.2 Å². The van der Waals surface area contributed by atoms with E-state index in [1.54, 1.807) is 0 Å². The molecule has 0 fully saturated rings. The molecule has 0 aliphatic rings. The van der Waals surface area contributed by atoms with Gasteiger partial charge in [0.25, 0.3) is 0 Å². The van der Waals surface area contributed by atoms with Crippen molar-refractivity contribution in [2.45, 2.75) is 33.1 Å². The molecule has 3 nitrogen and oxygen atoms in total. The summed E-state index contributed by atoms with van der Waals surface area (Å²) < 4.78 is 95.6. The molecule has 0 aliphatic carbocycles. The standard InChI is InChI=1S/C17H12F7NO2.C2H6/c1-9-7-10(16(19,20)21)8-13(17(22,23)24)14(9)27-15(26)25(2)12-5-3-11(18)4-6-12;1-2/h3-8H,1-2H3;1-2H3. The van der Waals surface area contributed by atoms with E-state index in [2.05, 4.69) is 0 Å². The number of halogens is 7. The molecule has 29 heavy (non-hydrogen) atoms. The summed E-state index contributed by atoms with van der Waals surface area (Å²) in [5, 5.41) is 0. The highest BCUT2D eigenvalue weighted by Gasteiger charge is 2.40. The first-order valence-electron chi connectivity index (χ1n) is 8.31. The zero-order valence-electron chi connectivity index (χ0n) is 15.9. The lowest BCUT2D eigenvalue weighted by molar-refractivity contribution is -0.143. The Morgan fingerprint density at radius 1 is 0.931 bits per heavy atom. The first kappa shape index (κ1) is 24.3. The SMILES string of the molecule is CC.Cc1cc(C(F)(F)F)cc(C(F)(F)F)c1OC(=O)N(C)c1ccc(F)cc1. The number of alkyl halides is 6. The van der Waals surface area contributed by atoms with Gasteiger partial charge >= 0.3 is 18.4 Å². The van der Waals surface area contributed by atoms with E-state index in [1.807, 2.05) is 13.8 Å². The Labute approximate surface area is 162 Å². The van der Waals surface area contributed by atoms with Gasteiger partial charge in [-0.2, -0.15) is 26.3 Å². The number of benzene rings is 2. The Bertz CT molecular complexity index is 843. The van der Waals surface area contributed by atoms with Crippen LogP contribution in [0.1, 0.15) is 30.5 Å². The van der Waals surface area contributed by atoms with Crippen molar-refractivity contribution in [3.05, 3.63) is 58.9 Å². The summed E-state index contributed by atoms with van der Waals surface area (Å²) in [5.74, 6) is -1.63. The third-order valence-electron chi connectivity index (χ3n) is 3.58. The van der Waals surface area contributed by atoms with Crippen LogP contribution in [-0.2, 0) is 12.4 Å². The molecule has 0 radical (unpaired) electrons. The number of ether oxygens (including phenoxy) is 1. The van der Waals surface area contributed by atoms with Crippen LogP contribution in [0.15, 0.2) is 36.4 Å². The van der Waals surface area contributed by atoms with Gasteiger partial charge in [0, 0.05) is 12.7 Å². The van der Waals surface area contributed by atoms with Crippen LogP contribution in [0.3, 0.4) is 0 Å². The van der Waals surface area contributed by atoms with Gasteiger partial charge in [-0.3, -0.25) is 4.90 Å². The molecule has 0 unspecified atom stereocenters.